The number of rotatable bonds is 4. The summed E-state index contributed by atoms with van der Waals surface area (Å²) in [5.41, 5.74) is 1.93. The minimum absolute atomic E-state index is 0.0265. The number of nitrogens with zero attached hydrogens (tertiary/aromatic N) is 2. The van der Waals surface area contributed by atoms with E-state index >= 15 is 0 Å². The van der Waals surface area contributed by atoms with Crippen LogP contribution in [0.25, 0.3) is 0 Å². The summed E-state index contributed by atoms with van der Waals surface area (Å²) in [6.07, 6.45) is 5.06. The summed E-state index contributed by atoms with van der Waals surface area (Å²) in [7, 11) is 1.97. The number of anilines is 1. The lowest BCUT2D eigenvalue weighted by atomic mass is 10.3. The van der Waals surface area contributed by atoms with Gasteiger partial charge in [0.2, 0.25) is 0 Å². The van der Waals surface area contributed by atoms with Crippen LogP contribution in [0, 0.1) is 0 Å². The van der Waals surface area contributed by atoms with E-state index in [0.29, 0.717) is 0 Å². The maximum absolute atomic E-state index is 8.91. The molecule has 0 fully saturated rings. The lowest BCUT2D eigenvalue weighted by Gasteiger charge is -2.17. The smallest absolute Gasteiger partial charge is 0.128 e. The number of aliphatic hydroxyl groups excluding tert-OH is 1. The van der Waals surface area contributed by atoms with Gasteiger partial charge in [0.25, 0.3) is 0 Å². The van der Waals surface area contributed by atoms with Crippen LogP contribution in [0.3, 0.4) is 0 Å². The van der Waals surface area contributed by atoms with Crippen molar-refractivity contribution in [2.45, 2.75) is 13.2 Å². The highest BCUT2D eigenvalue weighted by Gasteiger charge is 2.04. The highest BCUT2D eigenvalue weighted by molar-refractivity contribution is 5.39. The van der Waals surface area contributed by atoms with Crippen molar-refractivity contribution >= 4 is 5.82 Å². The fourth-order valence-corrected chi connectivity index (χ4v) is 1.47. The highest BCUT2D eigenvalue weighted by atomic mass is 16.3. The Morgan fingerprint density at radius 1 is 1.31 bits per heavy atom. The second-order valence-corrected chi connectivity index (χ2v) is 3.67. The molecule has 0 saturated carbocycles. The standard InChI is InChI=1S/C12H14N2O2/c1-14(7-11-4-5-16-9-11)12-3-2-10(8-15)6-13-12/h2-6,9,15H,7-8H2,1H3. The lowest BCUT2D eigenvalue weighted by molar-refractivity contribution is 0.281. The number of aliphatic hydroxyl groups is 1. The van der Waals surface area contributed by atoms with Crippen molar-refractivity contribution < 1.29 is 9.52 Å². The molecule has 0 aromatic carbocycles. The first-order valence-electron chi connectivity index (χ1n) is 5.07. The molecule has 4 heteroatoms. The van der Waals surface area contributed by atoms with Crippen molar-refractivity contribution in [1.29, 1.82) is 0 Å². The predicted octanol–water partition coefficient (Wildman–Crippen LogP) is 1.80. The van der Waals surface area contributed by atoms with Gasteiger partial charge in [-0.15, -0.1) is 0 Å². The third-order valence-corrected chi connectivity index (χ3v) is 2.38. The lowest BCUT2D eigenvalue weighted by Crippen LogP contribution is -2.17. The summed E-state index contributed by atoms with van der Waals surface area (Å²) in [4.78, 5) is 6.29. The van der Waals surface area contributed by atoms with Gasteiger partial charge in [0.15, 0.2) is 0 Å². The normalized spacial score (nSPS) is 10.4. The molecule has 4 nitrogen and oxygen atoms in total. The molecule has 84 valence electrons. The van der Waals surface area contributed by atoms with Gasteiger partial charge in [0.1, 0.15) is 5.82 Å². The summed E-state index contributed by atoms with van der Waals surface area (Å²) < 4.78 is 5.01. The van der Waals surface area contributed by atoms with Crippen LogP contribution >= 0.6 is 0 Å². The van der Waals surface area contributed by atoms with Gasteiger partial charge in [-0.05, 0) is 17.7 Å². The van der Waals surface area contributed by atoms with Crippen LogP contribution in [-0.4, -0.2) is 17.1 Å². The summed E-state index contributed by atoms with van der Waals surface area (Å²) in [6, 6.07) is 5.69. The van der Waals surface area contributed by atoms with E-state index in [9.17, 15) is 0 Å². The quantitative estimate of drug-likeness (QED) is 0.850. The van der Waals surface area contributed by atoms with Crippen LogP contribution in [0.1, 0.15) is 11.1 Å². The second-order valence-electron chi connectivity index (χ2n) is 3.67. The van der Waals surface area contributed by atoms with Crippen LogP contribution in [0.4, 0.5) is 5.82 Å². The van der Waals surface area contributed by atoms with Gasteiger partial charge in [-0.2, -0.15) is 0 Å². The molecule has 2 heterocycles. The van der Waals surface area contributed by atoms with E-state index in [2.05, 4.69) is 4.98 Å². The average Bonchev–Trinajstić information content (AvgIpc) is 2.82. The number of hydrogen-bond acceptors (Lipinski definition) is 4. The van der Waals surface area contributed by atoms with Gasteiger partial charge < -0.3 is 14.4 Å². The van der Waals surface area contributed by atoms with Crippen LogP contribution in [0.15, 0.2) is 41.3 Å². The molecule has 0 atom stereocenters. The second kappa shape index (κ2) is 4.81. The Kier molecular flexibility index (Phi) is 3.22. The third kappa shape index (κ3) is 2.41. The molecule has 2 aromatic rings. The molecule has 2 aromatic heterocycles. The SMILES string of the molecule is CN(Cc1ccoc1)c1ccc(CO)cn1. The van der Waals surface area contributed by atoms with E-state index in [4.69, 9.17) is 9.52 Å². The molecule has 0 saturated heterocycles. The molecule has 16 heavy (non-hydrogen) atoms. The topological polar surface area (TPSA) is 49.5 Å². The summed E-state index contributed by atoms with van der Waals surface area (Å²) in [6.45, 7) is 0.778. The summed E-state index contributed by atoms with van der Waals surface area (Å²) in [5, 5.41) is 8.91. The van der Waals surface area contributed by atoms with Crippen molar-refractivity contribution in [1.82, 2.24) is 4.98 Å². The van der Waals surface area contributed by atoms with Crippen molar-refractivity contribution in [3.8, 4) is 0 Å². The van der Waals surface area contributed by atoms with Crippen LogP contribution < -0.4 is 4.90 Å². The zero-order chi connectivity index (χ0) is 11.4. The van der Waals surface area contributed by atoms with E-state index in [1.54, 1.807) is 18.7 Å². The number of hydrogen-bond donors (Lipinski definition) is 1. The Morgan fingerprint density at radius 3 is 2.75 bits per heavy atom. The molecule has 0 unspecified atom stereocenters. The van der Waals surface area contributed by atoms with Crippen molar-refractivity contribution in [2.24, 2.45) is 0 Å². The van der Waals surface area contributed by atoms with E-state index < -0.39 is 0 Å². The fourth-order valence-electron chi connectivity index (χ4n) is 1.47. The molecule has 0 spiro atoms. The van der Waals surface area contributed by atoms with Gasteiger partial charge in [-0.25, -0.2) is 4.98 Å². The first-order chi connectivity index (χ1) is 7.79. The first kappa shape index (κ1) is 10.7. The van der Waals surface area contributed by atoms with Crippen LogP contribution in [0.2, 0.25) is 0 Å². The molecule has 0 aliphatic rings. The van der Waals surface area contributed by atoms with Gasteiger partial charge >= 0.3 is 0 Å². The van der Waals surface area contributed by atoms with Crippen molar-refractivity contribution in [3.05, 3.63) is 48.0 Å². The van der Waals surface area contributed by atoms with Crippen LogP contribution in [-0.2, 0) is 13.2 Å². The Morgan fingerprint density at radius 2 is 2.19 bits per heavy atom. The van der Waals surface area contributed by atoms with Gasteiger partial charge in [0.05, 0.1) is 19.1 Å². The van der Waals surface area contributed by atoms with Gasteiger partial charge in [-0.3, -0.25) is 0 Å². The maximum atomic E-state index is 8.91. The molecule has 2 rings (SSSR count). The number of aromatic nitrogens is 1. The van der Waals surface area contributed by atoms with Gasteiger partial charge in [0, 0.05) is 25.4 Å². The fraction of sp³-hybridized carbons (Fsp3) is 0.250. The molecular weight excluding hydrogens is 204 g/mol. The summed E-state index contributed by atoms with van der Waals surface area (Å²) in [5.74, 6) is 0.874. The highest BCUT2D eigenvalue weighted by Crippen LogP contribution is 2.13. The van der Waals surface area contributed by atoms with E-state index in [1.807, 2.05) is 30.1 Å². The molecule has 0 aliphatic heterocycles. The maximum Gasteiger partial charge on any atom is 0.128 e. The largest absolute Gasteiger partial charge is 0.472 e. The Bertz CT molecular complexity index is 423. The zero-order valence-corrected chi connectivity index (χ0v) is 9.13. The molecular formula is C12H14N2O2. The average molecular weight is 218 g/mol. The third-order valence-electron chi connectivity index (χ3n) is 2.38. The predicted molar refractivity (Wildman–Crippen MR) is 61.0 cm³/mol. The number of pyridine rings is 1. The first-order valence-corrected chi connectivity index (χ1v) is 5.07. The molecule has 0 radical (unpaired) electrons. The van der Waals surface area contributed by atoms with E-state index in [1.165, 1.54) is 0 Å². The zero-order valence-electron chi connectivity index (χ0n) is 9.13. The van der Waals surface area contributed by atoms with E-state index in [0.717, 1.165) is 23.5 Å². The Labute approximate surface area is 94.2 Å². The molecule has 1 N–H and O–H groups in total. The van der Waals surface area contributed by atoms with E-state index in [-0.39, 0.29) is 6.61 Å². The Hall–Kier alpha value is -1.81. The molecule has 0 aliphatic carbocycles. The number of furan rings is 1. The summed E-state index contributed by atoms with van der Waals surface area (Å²) >= 11 is 0. The van der Waals surface area contributed by atoms with Gasteiger partial charge in [-0.1, -0.05) is 6.07 Å². The Balaban J connectivity index is 2.05. The minimum atomic E-state index is 0.0265. The van der Waals surface area contributed by atoms with Crippen molar-refractivity contribution in [3.63, 3.8) is 0 Å². The monoisotopic (exact) mass is 218 g/mol. The minimum Gasteiger partial charge on any atom is -0.472 e. The molecule has 0 amide bonds. The van der Waals surface area contributed by atoms with Crippen molar-refractivity contribution in [2.75, 3.05) is 11.9 Å². The molecule has 0 bridgehead atoms. The van der Waals surface area contributed by atoms with Crippen LogP contribution in [0.5, 0.6) is 0 Å².